The predicted octanol–water partition coefficient (Wildman–Crippen LogP) is 7.58. The molecule has 37 heavy (non-hydrogen) atoms. The van der Waals surface area contributed by atoms with Crippen LogP contribution in [0.2, 0.25) is 0 Å². The van der Waals surface area contributed by atoms with Crippen LogP contribution in [-0.4, -0.2) is 15.6 Å². The van der Waals surface area contributed by atoms with E-state index >= 15 is 0 Å². The lowest BCUT2D eigenvalue weighted by Gasteiger charge is -2.18. The molecule has 1 atom stereocenters. The number of aryl methyl sites for hydroxylation is 2. The maximum Gasteiger partial charge on any atom is 0.416 e. The van der Waals surface area contributed by atoms with E-state index in [0.717, 1.165) is 28.7 Å². The van der Waals surface area contributed by atoms with E-state index in [1.54, 1.807) is 35.8 Å². The van der Waals surface area contributed by atoms with Crippen LogP contribution in [0.4, 0.5) is 13.2 Å². The van der Waals surface area contributed by atoms with Gasteiger partial charge in [-0.1, -0.05) is 44.2 Å². The molecule has 0 spiro atoms. The van der Waals surface area contributed by atoms with Crippen molar-refractivity contribution in [3.05, 3.63) is 101 Å². The fourth-order valence-electron chi connectivity index (χ4n) is 3.88. The Bertz CT molecular complexity index is 1390. The van der Waals surface area contributed by atoms with E-state index in [-0.39, 0.29) is 23.5 Å². The Hall–Kier alpha value is -3.57. The zero-order valence-electron chi connectivity index (χ0n) is 21.1. The molecule has 3 aromatic carbocycles. The Labute approximate surface area is 216 Å². The molecule has 0 aliphatic rings. The van der Waals surface area contributed by atoms with Crippen LogP contribution in [-0.2, 0) is 12.8 Å². The van der Waals surface area contributed by atoms with Crippen LogP contribution in [0.25, 0.3) is 16.9 Å². The lowest BCUT2D eigenvalue weighted by Crippen LogP contribution is -2.08. The number of hydrogen-bond donors (Lipinski definition) is 1. The molecule has 0 aliphatic carbocycles. The molecule has 0 aliphatic heterocycles. The largest absolute Gasteiger partial charge is 0.488 e. The SMILES string of the molecule is CC.Cc1ccc(-n2c(C)ccc2-c2cc(C(F)(F)F)ccc2OCc2ccc(P)cc2)cc1C(=O)O. The summed E-state index contributed by atoms with van der Waals surface area (Å²) < 4.78 is 48.5. The molecule has 1 aromatic heterocycles. The minimum atomic E-state index is -4.53. The summed E-state index contributed by atoms with van der Waals surface area (Å²) in [4.78, 5) is 11.7. The molecule has 8 heteroatoms. The van der Waals surface area contributed by atoms with Crippen LogP contribution in [0.3, 0.4) is 0 Å². The second-order valence-electron chi connectivity index (χ2n) is 8.24. The first-order chi connectivity index (χ1) is 17.5. The molecule has 0 bridgehead atoms. The van der Waals surface area contributed by atoms with Crippen LogP contribution >= 0.6 is 9.24 Å². The summed E-state index contributed by atoms with van der Waals surface area (Å²) in [6.45, 7) is 7.68. The Morgan fingerprint density at radius 2 is 1.62 bits per heavy atom. The topological polar surface area (TPSA) is 51.5 Å². The van der Waals surface area contributed by atoms with Gasteiger partial charge in [-0.2, -0.15) is 13.2 Å². The van der Waals surface area contributed by atoms with Crippen molar-refractivity contribution in [2.75, 3.05) is 0 Å². The van der Waals surface area contributed by atoms with E-state index in [0.29, 0.717) is 16.9 Å². The number of carbonyl (C=O) groups is 1. The number of carboxylic acid groups (broad SMARTS) is 1. The second kappa shape index (κ2) is 11.7. The van der Waals surface area contributed by atoms with Gasteiger partial charge in [-0.25, -0.2) is 4.79 Å². The number of nitrogens with zero attached hydrogens (tertiary/aromatic N) is 1. The quantitative estimate of drug-likeness (QED) is 0.263. The summed E-state index contributed by atoms with van der Waals surface area (Å²) >= 11 is 0. The molecule has 0 saturated carbocycles. The summed E-state index contributed by atoms with van der Waals surface area (Å²) in [6, 6.07) is 19.4. The molecule has 4 aromatic rings. The monoisotopic (exact) mass is 527 g/mol. The predicted molar refractivity (Wildman–Crippen MR) is 144 cm³/mol. The van der Waals surface area contributed by atoms with Crippen molar-refractivity contribution < 1.29 is 27.8 Å². The van der Waals surface area contributed by atoms with Crippen molar-refractivity contribution in [3.8, 4) is 22.7 Å². The summed E-state index contributed by atoms with van der Waals surface area (Å²) in [5.41, 5.74) is 2.78. The van der Waals surface area contributed by atoms with E-state index in [9.17, 15) is 23.1 Å². The van der Waals surface area contributed by atoms with Gasteiger partial charge in [-0.15, -0.1) is 9.24 Å². The van der Waals surface area contributed by atoms with Crippen LogP contribution < -0.4 is 10.0 Å². The number of aromatic nitrogens is 1. The minimum Gasteiger partial charge on any atom is -0.488 e. The van der Waals surface area contributed by atoms with Crippen LogP contribution in [0.1, 0.15) is 46.6 Å². The summed E-state index contributed by atoms with van der Waals surface area (Å²) in [5.74, 6) is -0.784. The number of halogens is 3. The van der Waals surface area contributed by atoms with Gasteiger partial charge in [0, 0.05) is 16.9 Å². The number of carboxylic acids is 1. The first-order valence-electron chi connectivity index (χ1n) is 11.8. The summed E-state index contributed by atoms with van der Waals surface area (Å²) in [5, 5.41) is 10.6. The fraction of sp³-hybridized carbons (Fsp3) is 0.207. The van der Waals surface area contributed by atoms with Crippen molar-refractivity contribution in [2.45, 2.75) is 40.5 Å². The fourth-order valence-corrected chi connectivity index (χ4v) is 4.07. The molecule has 0 fully saturated rings. The average Bonchev–Trinajstić information content (AvgIpc) is 3.25. The van der Waals surface area contributed by atoms with Gasteiger partial charge in [0.25, 0.3) is 0 Å². The van der Waals surface area contributed by atoms with Crippen LogP contribution in [0, 0.1) is 13.8 Å². The van der Waals surface area contributed by atoms with Crippen molar-refractivity contribution in [3.63, 3.8) is 0 Å². The van der Waals surface area contributed by atoms with Gasteiger partial charge in [0.15, 0.2) is 0 Å². The first-order valence-corrected chi connectivity index (χ1v) is 12.3. The van der Waals surface area contributed by atoms with E-state index in [2.05, 4.69) is 9.24 Å². The number of aromatic carboxylic acids is 1. The number of alkyl halides is 3. The lowest BCUT2D eigenvalue weighted by atomic mass is 10.0. The summed E-state index contributed by atoms with van der Waals surface area (Å²) in [6.07, 6.45) is -4.53. The first kappa shape index (κ1) is 28.0. The Balaban J connectivity index is 0.00000186. The maximum absolute atomic E-state index is 13.6. The highest BCUT2D eigenvalue weighted by atomic mass is 31.0. The molecule has 1 N–H and O–H groups in total. The molecule has 1 unspecified atom stereocenters. The van der Waals surface area contributed by atoms with E-state index in [4.69, 9.17) is 4.74 Å². The maximum atomic E-state index is 13.6. The highest BCUT2D eigenvalue weighted by molar-refractivity contribution is 7.27. The number of hydrogen-bond acceptors (Lipinski definition) is 2. The summed E-state index contributed by atoms with van der Waals surface area (Å²) in [7, 11) is 2.59. The van der Waals surface area contributed by atoms with Gasteiger partial charge in [0.05, 0.1) is 16.8 Å². The Kier molecular flexibility index (Phi) is 8.82. The standard InChI is InChI=1S/C27H23F3NO3P.C2H6/c1-16-3-8-20(14-22(16)26(32)33)31-17(2)4-11-24(31)23-13-19(27(28,29)30)7-12-25(23)34-15-18-5-9-21(35)10-6-18;1-2/h3-14H,15,35H2,1-2H3,(H,32,33);1-2H3. The van der Waals surface area contributed by atoms with Crippen molar-refractivity contribution in [1.29, 1.82) is 0 Å². The molecule has 4 nitrogen and oxygen atoms in total. The molecule has 0 radical (unpaired) electrons. The minimum absolute atomic E-state index is 0.125. The van der Waals surface area contributed by atoms with Crippen molar-refractivity contribution >= 4 is 20.5 Å². The Morgan fingerprint density at radius 3 is 2.24 bits per heavy atom. The third-order valence-electron chi connectivity index (χ3n) is 5.74. The molecule has 0 amide bonds. The Morgan fingerprint density at radius 1 is 0.946 bits per heavy atom. The second-order valence-corrected chi connectivity index (χ2v) is 8.91. The molecule has 4 rings (SSSR count). The lowest BCUT2D eigenvalue weighted by molar-refractivity contribution is -0.137. The molecule has 0 saturated heterocycles. The van der Waals surface area contributed by atoms with Gasteiger partial charge in [0.1, 0.15) is 12.4 Å². The van der Waals surface area contributed by atoms with Crippen LogP contribution in [0.15, 0.2) is 72.8 Å². The normalized spacial score (nSPS) is 11.0. The number of benzene rings is 3. The van der Waals surface area contributed by atoms with Gasteiger partial charge < -0.3 is 14.4 Å². The van der Waals surface area contributed by atoms with Crippen molar-refractivity contribution in [1.82, 2.24) is 4.57 Å². The molecule has 1 heterocycles. The molecular formula is C29H29F3NO3P. The third-order valence-corrected chi connectivity index (χ3v) is 6.13. The number of rotatable bonds is 6. The van der Waals surface area contributed by atoms with E-state index in [1.807, 2.05) is 45.0 Å². The van der Waals surface area contributed by atoms with Gasteiger partial charge in [-0.05, 0) is 72.7 Å². The third kappa shape index (κ3) is 6.41. The highest BCUT2D eigenvalue weighted by Crippen LogP contribution is 2.39. The highest BCUT2D eigenvalue weighted by Gasteiger charge is 2.32. The van der Waals surface area contributed by atoms with Gasteiger partial charge in [-0.3, -0.25) is 0 Å². The van der Waals surface area contributed by atoms with Crippen molar-refractivity contribution in [2.24, 2.45) is 0 Å². The van der Waals surface area contributed by atoms with Crippen LogP contribution in [0.5, 0.6) is 5.75 Å². The van der Waals surface area contributed by atoms with Gasteiger partial charge >= 0.3 is 12.1 Å². The zero-order chi connectivity index (χ0) is 27.3. The van der Waals surface area contributed by atoms with E-state index < -0.39 is 17.7 Å². The zero-order valence-corrected chi connectivity index (χ0v) is 22.2. The van der Waals surface area contributed by atoms with E-state index in [1.165, 1.54) is 12.1 Å². The molecule has 194 valence electrons. The van der Waals surface area contributed by atoms with Gasteiger partial charge in [0.2, 0.25) is 0 Å². The molecular weight excluding hydrogens is 498 g/mol. The smallest absolute Gasteiger partial charge is 0.416 e. The number of ether oxygens (including phenoxy) is 1. The average molecular weight is 528 g/mol.